The van der Waals surface area contributed by atoms with Crippen LogP contribution in [0.2, 0.25) is 0 Å². The van der Waals surface area contributed by atoms with Crippen LogP contribution < -0.4 is 15.4 Å². The predicted octanol–water partition coefficient (Wildman–Crippen LogP) is 1.19. The van der Waals surface area contributed by atoms with Crippen LogP contribution in [-0.4, -0.2) is 44.7 Å². The fourth-order valence-electron chi connectivity index (χ4n) is 3.21. The number of thiazole rings is 1. The average molecular weight is 392 g/mol. The second-order valence-corrected chi connectivity index (χ2v) is 7.71. The van der Waals surface area contributed by atoms with Crippen LogP contribution in [0.3, 0.4) is 0 Å². The standard InChI is InChI=1S/C17H24N6O3S/c1-10-19-13(9-27-10)8-18-15(24)11-4-6-12(7-5-11)20-16(25)14-21-17(26-3)23(2)22-14/h9,11-12H,4-8H2,1-3H3,(H,18,24)(H,20,25). The van der Waals surface area contributed by atoms with E-state index >= 15 is 0 Å². The average Bonchev–Trinajstić information content (AvgIpc) is 3.25. The van der Waals surface area contributed by atoms with Crippen molar-refractivity contribution < 1.29 is 14.3 Å². The Hall–Kier alpha value is -2.49. The van der Waals surface area contributed by atoms with E-state index in [0.717, 1.165) is 36.4 Å². The summed E-state index contributed by atoms with van der Waals surface area (Å²) in [6, 6.07) is 0.313. The fourth-order valence-corrected chi connectivity index (χ4v) is 3.82. The molecule has 0 bridgehead atoms. The highest BCUT2D eigenvalue weighted by molar-refractivity contribution is 7.09. The summed E-state index contributed by atoms with van der Waals surface area (Å²) >= 11 is 1.58. The van der Waals surface area contributed by atoms with E-state index in [-0.39, 0.29) is 35.6 Å². The van der Waals surface area contributed by atoms with E-state index in [1.807, 2.05) is 12.3 Å². The van der Waals surface area contributed by atoms with Gasteiger partial charge >= 0.3 is 6.01 Å². The van der Waals surface area contributed by atoms with Gasteiger partial charge in [-0.3, -0.25) is 9.59 Å². The second-order valence-electron chi connectivity index (χ2n) is 6.64. The fraction of sp³-hybridized carbons (Fsp3) is 0.588. The molecule has 1 aliphatic rings. The van der Waals surface area contributed by atoms with E-state index in [9.17, 15) is 9.59 Å². The van der Waals surface area contributed by atoms with E-state index < -0.39 is 0 Å². The number of carbonyl (C=O) groups is 2. The molecule has 0 aliphatic heterocycles. The quantitative estimate of drug-likeness (QED) is 0.764. The maximum absolute atomic E-state index is 12.3. The lowest BCUT2D eigenvalue weighted by Crippen LogP contribution is -2.41. The van der Waals surface area contributed by atoms with Crippen LogP contribution in [0.1, 0.15) is 47.0 Å². The number of aryl methyl sites for hydroxylation is 2. The van der Waals surface area contributed by atoms with Gasteiger partial charge in [-0.15, -0.1) is 16.4 Å². The largest absolute Gasteiger partial charge is 0.467 e. The molecule has 2 aromatic heterocycles. The minimum Gasteiger partial charge on any atom is -0.467 e. The Kier molecular flexibility index (Phi) is 6.04. The van der Waals surface area contributed by atoms with Crippen molar-refractivity contribution in [1.29, 1.82) is 0 Å². The van der Waals surface area contributed by atoms with Crippen LogP contribution in [0.5, 0.6) is 6.01 Å². The Bertz CT molecular complexity index is 809. The highest BCUT2D eigenvalue weighted by Crippen LogP contribution is 2.25. The Labute approximate surface area is 161 Å². The van der Waals surface area contributed by atoms with Crippen molar-refractivity contribution in [3.8, 4) is 6.01 Å². The van der Waals surface area contributed by atoms with E-state index in [2.05, 4.69) is 25.7 Å². The van der Waals surface area contributed by atoms with Gasteiger partial charge in [-0.1, -0.05) is 0 Å². The van der Waals surface area contributed by atoms with Gasteiger partial charge in [-0.05, 0) is 32.6 Å². The van der Waals surface area contributed by atoms with Crippen molar-refractivity contribution in [2.75, 3.05) is 7.11 Å². The van der Waals surface area contributed by atoms with Crippen molar-refractivity contribution in [2.45, 2.75) is 45.2 Å². The normalized spacial score (nSPS) is 19.5. The Balaban J connectivity index is 1.44. The summed E-state index contributed by atoms with van der Waals surface area (Å²) in [4.78, 5) is 33.0. The van der Waals surface area contributed by atoms with Gasteiger partial charge in [0.15, 0.2) is 0 Å². The van der Waals surface area contributed by atoms with Crippen molar-refractivity contribution in [3.05, 3.63) is 21.9 Å². The molecule has 2 N–H and O–H groups in total. The summed E-state index contributed by atoms with van der Waals surface area (Å²) in [5.41, 5.74) is 0.894. The number of amides is 2. The zero-order chi connectivity index (χ0) is 19.4. The number of methoxy groups -OCH3 is 1. The molecule has 10 heteroatoms. The Morgan fingerprint density at radius 2 is 2.04 bits per heavy atom. The van der Waals surface area contributed by atoms with Crippen LogP contribution in [0.4, 0.5) is 0 Å². The molecule has 146 valence electrons. The number of nitrogens with zero attached hydrogens (tertiary/aromatic N) is 4. The maximum Gasteiger partial charge on any atom is 0.314 e. The molecule has 1 aliphatic carbocycles. The lowest BCUT2D eigenvalue weighted by Gasteiger charge is -2.28. The van der Waals surface area contributed by atoms with Crippen molar-refractivity contribution >= 4 is 23.2 Å². The highest BCUT2D eigenvalue weighted by atomic mass is 32.1. The highest BCUT2D eigenvalue weighted by Gasteiger charge is 2.28. The molecular weight excluding hydrogens is 368 g/mol. The van der Waals surface area contributed by atoms with Crippen molar-refractivity contribution in [3.63, 3.8) is 0 Å². The van der Waals surface area contributed by atoms with Crippen LogP contribution in [-0.2, 0) is 18.4 Å². The molecular formula is C17H24N6O3S. The zero-order valence-electron chi connectivity index (χ0n) is 15.7. The number of nitrogens with one attached hydrogen (secondary N) is 2. The van der Waals surface area contributed by atoms with E-state index in [1.54, 1.807) is 18.4 Å². The molecule has 27 heavy (non-hydrogen) atoms. The van der Waals surface area contributed by atoms with Crippen molar-refractivity contribution in [2.24, 2.45) is 13.0 Å². The van der Waals surface area contributed by atoms with Crippen molar-refractivity contribution in [1.82, 2.24) is 30.4 Å². The summed E-state index contributed by atoms with van der Waals surface area (Å²) in [6.07, 6.45) is 2.99. The molecule has 0 spiro atoms. The van der Waals surface area contributed by atoms with Crippen LogP contribution in [0.25, 0.3) is 0 Å². The lowest BCUT2D eigenvalue weighted by atomic mass is 9.85. The molecule has 0 aromatic carbocycles. The number of rotatable bonds is 6. The molecule has 2 amide bonds. The number of ether oxygens (including phenoxy) is 1. The Morgan fingerprint density at radius 3 is 2.63 bits per heavy atom. The minimum atomic E-state index is -0.319. The molecule has 2 aromatic rings. The third-order valence-electron chi connectivity index (χ3n) is 4.65. The molecule has 9 nitrogen and oxygen atoms in total. The smallest absolute Gasteiger partial charge is 0.314 e. The number of hydrogen-bond donors (Lipinski definition) is 2. The molecule has 3 rings (SSSR count). The van der Waals surface area contributed by atoms with Gasteiger partial charge in [0.25, 0.3) is 5.91 Å². The molecule has 0 radical (unpaired) electrons. The van der Waals surface area contributed by atoms with Gasteiger partial charge in [-0.2, -0.15) is 4.98 Å². The van der Waals surface area contributed by atoms with Crippen LogP contribution >= 0.6 is 11.3 Å². The molecule has 2 heterocycles. The van der Waals surface area contributed by atoms with Gasteiger partial charge < -0.3 is 15.4 Å². The summed E-state index contributed by atoms with van der Waals surface area (Å²) in [5.74, 6) is -0.194. The minimum absolute atomic E-state index is 0.0223. The van der Waals surface area contributed by atoms with Gasteiger partial charge in [0.1, 0.15) is 0 Å². The topological polar surface area (TPSA) is 111 Å². The first kappa shape index (κ1) is 19.3. The van der Waals surface area contributed by atoms with Gasteiger partial charge in [0.05, 0.1) is 24.4 Å². The molecule has 1 fully saturated rings. The first-order chi connectivity index (χ1) is 13.0. The first-order valence-electron chi connectivity index (χ1n) is 8.91. The summed E-state index contributed by atoms with van der Waals surface area (Å²) in [6.45, 7) is 2.41. The predicted molar refractivity (Wildman–Crippen MR) is 99.5 cm³/mol. The number of hydrogen-bond acceptors (Lipinski definition) is 7. The second kappa shape index (κ2) is 8.47. The van der Waals surface area contributed by atoms with E-state index in [1.165, 1.54) is 11.8 Å². The number of aromatic nitrogens is 4. The van der Waals surface area contributed by atoms with Gasteiger partial charge in [0, 0.05) is 24.4 Å². The van der Waals surface area contributed by atoms with Crippen LogP contribution in [0.15, 0.2) is 5.38 Å². The van der Waals surface area contributed by atoms with E-state index in [4.69, 9.17) is 4.74 Å². The molecule has 0 unspecified atom stereocenters. The summed E-state index contributed by atoms with van der Waals surface area (Å²) < 4.78 is 6.44. The first-order valence-corrected chi connectivity index (χ1v) is 9.79. The summed E-state index contributed by atoms with van der Waals surface area (Å²) in [5, 5.41) is 12.9. The van der Waals surface area contributed by atoms with Gasteiger partial charge in [-0.25, -0.2) is 9.67 Å². The maximum atomic E-state index is 12.3. The zero-order valence-corrected chi connectivity index (χ0v) is 16.5. The SMILES string of the molecule is COc1nc(C(=O)NC2CCC(C(=O)NCc3csc(C)n3)CC2)nn1C. The Morgan fingerprint density at radius 1 is 1.30 bits per heavy atom. The third-order valence-corrected chi connectivity index (χ3v) is 5.47. The van der Waals surface area contributed by atoms with Gasteiger partial charge in [0.2, 0.25) is 11.7 Å². The summed E-state index contributed by atoms with van der Waals surface area (Å²) in [7, 11) is 3.15. The number of carbonyl (C=O) groups excluding carboxylic acids is 2. The van der Waals surface area contributed by atoms with E-state index in [0.29, 0.717) is 6.54 Å². The third kappa shape index (κ3) is 4.82. The molecule has 0 atom stereocenters. The molecule has 1 saturated carbocycles. The lowest BCUT2D eigenvalue weighted by molar-refractivity contribution is -0.126. The van der Waals surface area contributed by atoms with Crippen LogP contribution in [0, 0.1) is 12.8 Å². The molecule has 0 saturated heterocycles. The monoisotopic (exact) mass is 392 g/mol.